The van der Waals surface area contributed by atoms with Crippen molar-refractivity contribution in [1.82, 2.24) is 15.2 Å². The van der Waals surface area contributed by atoms with Crippen LogP contribution in [0.5, 0.6) is 0 Å². The van der Waals surface area contributed by atoms with Crippen molar-refractivity contribution in [2.24, 2.45) is 0 Å². The van der Waals surface area contributed by atoms with Gasteiger partial charge in [-0.05, 0) is 25.8 Å². The van der Waals surface area contributed by atoms with E-state index in [-0.39, 0.29) is 5.91 Å². The number of amides is 1. The van der Waals surface area contributed by atoms with E-state index in [2.05, 4.69) is 22.1 Å². The molecule has 112 valence electrons. The first-order chi connectivity index (χ1) is 9.67. The van der Waals surface area contributed by atoms with Gasteiger partial charge < -0.3 is 16.0 Å². The summed E-state index contributed by atoms with van der Waals surface area (Å²) in [7, 11) is 0. The number of rotatable bonds is 6. The molecule has 20 heavy (non-hydrogen) atoms. The summed E-state index contributed by atoms with van der Waals surface area (Å²) in [6.07, 6.45) is 4.95. The van der Waals surface area contributed by atoms with Gasteiger partial charge in [-0.1, -0.05) is 13.3 Å². The normalized spacial score (nSPS) is 17.2. The molecule has 1 aliphatic rings. The fraction of sp³-hybridized carbons (Fsp3) is 0.714. The Morgan fingerprint density at radius 2 is 2.30 bits per heavy atom. The van der Waals surface area contributed by atoms with Crippen molar-refractivity contribution in [2.45, 2.75) is 45.1 Å². The van der Waals surface area contributed by atoms with Crippen LogP contribution in [0.2, 0.25) is 0 Å². The molecule has 2 heterocycles. The van der Waals surface area contributed by atoms with Crippen LogP contribution in [-0.4, -0.2) is 41.5 Å². The van der Waals surface area contributed by atoms with E-state index >= 15 is 0 Å². The maximum absolute atomic E-state index is 11.9. The molecule has 1 saturated heterocycles. The van der Waals surface area contributed by atoms with Crippen LogP contribution in [0.4, 0.5) is 5.13 Å². The Balaban J connectivity index is 1.68. The van der Waals surface area contributed by atoms with Crippen molar-refractivity contribution in [1.29, 1.82) is 0 Å². The number of piperidine rings is 1. The number of thiazole rings is 1. The lowest BCUT2D eigenvalue weighted by Crippen LogP contribution is -2.45. The van der Waals surface area contributed by atoms with Crippen molar-refractivity contribution in [3.8, 4) is 0 Å². The maximum Gasteiger partial charge on any atom is 0.226 e. The summed E-state index contributed by atoms with van der Waals surface area (Å²) in [6, 6.07) is 0.316. The third-order valence-electron chi connectivity index (χ3n) is 3.69. The average molecular weight is 296 g/mol. The first kappa shape index (κ1) is 15.3. The van der Waals surface area contributed by atoms with Gasteiger partial charge in [-0.2, -0.15) is 0 Å². The fourth-order valence-electron chi connectivity index (χ4n) is 2.53. The Hall–Kier alpha value is -1.14. The molecule has 0 aliphatic carbocycles. The van der Waals surface area contributed by atoms with Crippen LogP contribution in [0, 0.1) is 0 Å². The van der Waals surface area contributed by atoms with E-state index in [1.54, 1.807) is 0 Å². The van der Waals surface area contributed by atoms with Crippen molar-refractivity contribution < 1.29 is 4.79 Å². The van der Waals surface area contributed by atoms with Gasteiger partial charge in [-0.25, -0.2) is 4.98 Å². The van der Waals surface area contributed by atoms with E-state index in [4.69, 9.17) is 5.73 Å². The lowest BCUT2D eigenvalue weighted by Gasteiger charge is -2.32. The van der Waals surface area contributed by atoms with E-state index < -0.39 is 0 Å². The molecule has 0 spiro atoms. The van der Waals surface area contributed by atoms with Crippen LogP contribution < -0.4 is 11.1 Å². The molecular formula is C14H24N4OS. The predicted molar refractivity (Wildman–Crippen MR) is 82.7 cm³/mol. The highest BCUT2D eigenvalue weighted by Gasteiger charge is 2.20. The summed E-state index contributed by atoms with van der Waals surface area (Å²) >= 11 is 1.38. The van der Waals surface area contributed by atoms with Gasteiger partial charge in [0.15, 0.2) is 5.13 Å². The number of unbranched alkanes of at least 4 members (excludes halogenated alkanes) is 1. The lowest BCUT2D eigenvalue weighted by molar-refractivity contribution is -0.121. The van der Waals surface area contributed by atoms with Gasteiger partial charge in [0.25, 0.3) is 0 Å². The molecule has 0 radical (unpaired) electrons. The summed E-state index contributed by atoms with van der Waals surface area (Å²) in [6.45, 7) is 5.59. The highest BCUT2D eigenvalue weighted by molar-refractivity contribution is 7.13. The molecule has 0 atom stereocenters. The monoisotopic (exact) mass is 296 g/mol. The zero-order chi connectivity index (χ0) is 14.4. The van der Waals surface area contributed by atoms with Gasteiger partial charge in [0, 0.05) is 24.5 Å². The number of likely N-dealkylation sites (tertiary alicyclic amines) is 1. The molecule has 0 bridgehead atoms. The summed E-state index contributed by atoms with van der Waals surface area (Å²) < 4.78 is 0. The smallest absolute Gasteiger partial charge is 0.226 e. The Labute approximate surface area is 124 Å². The molecule has 1 fully saturated rings. The van der Waals surface area contributed by atoms with Crippen LogP contribution in [0.25, 0.3) is 0 Å². The summed E-state index contributed by atoms with van der Waals surface area (Å²) in [4.78, 5) is 18.6. The minimum atomic E-state index is 0.0577. The van der Waals surface area contributed by atoms with E-state index in [1.165, 1.54) is 30.7 Å². The van der Waals surface area contributed by atoms with E-state index in [0.717, 1.165) is 31.6 Å². The van der Waals surface area contributed by atoms with Crippen molar-refractivity contribution in [2.75, 3.05) is 25.4 Å². The standard InChI is InChI=1S/C14H24N4OS/c1-2-3-6-18-7-4-11(5-8-18)16-13(19)9-12-10-20-14(15)17-12/h10-11H,2-9H2,1H3,(H2,15,17)(H,16,19). The Kier molecular flexibility index (Phi) is 5.79. The van der Waals surface area contributed by atoms with Crippen molar-refractivity contribution in [3.05, 3.63) is 11.1 Å². The Bertz CT molecular complexity index is 427. The summed E-state index contributed by atoms with van der Waals surface area (Å²) in [5.41, 5.74) is 6.33. The second kappa shape index (κ2) is 7.59. The molecule has 2 rings (SSSR count). The lowest BCUT2D eigenvalue weighted by atomic mass is 10.0. The number of nitrogens with zero attached hydrogens (tertiary/aromatic N) is 2. The number of aromatic nitrogens is 1. The minimum Gasteiger partial charge on any atom is -0.375 e. The quantitative estimate of drug-likeness (QED) is 0.837. The molecule has 1 aromatic rings. The minimum absolute atomic E-state index is 0.0577. The third kappa shape index (κ3) is 4.76. The molecule has 3 N–H and O–H groups in total. The van der Waals surface area contributed by atoms with Crippen LogP contribution in [0.3, 0.4) is 0 Å². The largest absolute Gasteiger partial charge is 0.375 e. The Morgan fingerprint density at radius 1 is 1.55 bits per heavy atom. The van der Waals surface area contributed by atoms with Crippen LogP contribution in [0.1, 0.15) is 38.3 Å². The van der Waals surface area contributed by atoms with Gasteiger partial charge >= 0.3 is 0 Å². The first-order valence-electron chi connectivity index (χ1n) is 7.39. The maximum atomic E-state index is 11.9. The van der Waals surface area contributed by atoms with Gasteiger partial charge in [0.05, 0.1) is 12.1 Å². The number of nitrogens with two attached hydrogens (primary N) is 1. The molecule has 0 unspecified atom stereocenters. The predicted octanol–water partition coefficient (Wildman–Crippen LogP) is 1.65. The molecule has 1 amide bonds. The van der Waals surface area contributed by atoms with Crippen molar-refractivity contribution in [3.63, 3.8) is 0 Å². The molecular weight excluding hydrogens is 272 g/mol. The van der Waals surface area contributed by atoms with Crippen LogP contribution >= 0.6 is 11.3 Å². The number of anilines is 1. The Morgan fingerprint density at radius 3 is 2.90 bits per heavy atom. The topological polar surface area (TPSA) is 71.2 Å². The van der Waals surface area contributed by atoms with E-state index in [9.17, 15) is 4.79 Å². The number of hydrogen-bond donors (Lipinski definition) is 2. The molecule has 0 aromatic carbocycles. The number of nitrogen functional groups attached to an aromatic ring is 1. The highest BCUT2D eigenvalue weighted by atomic mass is 32.1. The van der Waals surface area contributed by atoms with Gasteiger partial charge in [-0.15, -0.1) is 11.3 Å². The van der Waals surface area contributed by atoms with Gasteiger partial charge in [0.1, 0.15) is 0 Å². The summed E-state index contributed by atoms with van der Waals surface area (Å²) in [5, 5.41) is 5.49. The van der Waals surface area contributed by atoms with Crippen LogP contribution in [0.15, 0.2) is 5.38 Å². The number of nitrogens with one attached hydrogen (secondary N) is 1. The van der Waals surface area contributed by atoms with Gasteiger partial charge in [0.2, 0.25) is 5.91 Å². The highest BCUT2D eigenvalue weighted by Crippen LogP contribution is 2.13. The van der Waals surface area contributed by atoms with Crippen LogP contribution in [-0.2, 0) is 11.2 Å². The second-order valence-electron chi connectivity index (χ2n) is 5.39. The van der Waals surface area contributed by atoms with E-state index in [0.29, 0.717) is 17.6 Å². The average Bonchev–Trinajstić information content (AvgIpc) is 2.83. The van der Waals surface area contributed by atoms with Gasteiger partial charge in [-0.3, -0.25) is 4.79 Å². The molecule has 6 heteroatoms. The fourth-order valence-corrected chi connectivity index (χ4v) is 3.09. The zero-order valence-corrected chi connectivity index (χ0v) is 12.9. The molecule has 1 aromatic heterocycles. The molecule has 1 aliphatic heterocycles. The molecule has 5 nitrogen and oxygen atoms in total. The number of carbonyl (C=O) groups excluding carboxylic acids is 1. The number of carbonyl (C=O) groups is 1. The second-order valence-corrected chi connectivity index (χ2v) is 6.28. The molecule has 0 saturated carbocycles. The van der Waals surface area contributed by atoms with Crippen molar-refractivity contribution >= 4 is 22.4 Å². The summed E-state index contributed by atoms with van der Waals surface area (Å²) in [5.74, 6) is 0.0577. The SMILES string of the molecule is CCCCN1CCC(NC(=O)Cc2csc(N)n2)CC1. The van der Waals surface area contributed by atoms with E-state index in [1.807, 2.05) is 5.38 Å². The number of hydrogen-bond acceptors (Lipinski definition) is 5. The third-order valence-corrected chi connectivity index (χ3v) is 4.41. The zero-order valence-electron chi connectivity index (χ0n) is 12.1. The first-order valence-corrected chi connectivity index (χ1v) is 8.27.